The van der Waals surface area contributed by atoms with Crippen LogP contribution < -0.4 is 0 Å². The number of hydrogen-bond acceptors (Lipinski definition) is 6. The van der Waals surface area contributed by atoms with E-state index < -0.39 is 0 Å². The van der Waals surface area contributed by atoms with E-state index in [0.29, 0.717) is 46.9 Å². The molecule has 120 valence electrons. The highest BCUT2D eigenvalue weighted by atomic mass is 79.9. The molecular weight excluding hydrogens is 504 g/mol. The molecule has 0 saturated carbocycles. The molecular formula is C15H9Br3N6. The normalized spacial score (nSPS) is 11.8. The number of benzene rings is 1. The van der Waals surface area contributed by atoms with Gasteiger partial charge in [-0.1, -0.05) is 0 Å². The van der Waals surface area contributed by atoms with Crippen LogP contribution >= 0.6 is 47.8 Å². The van der Waals surface area contributed by atoms with Crippen LogP contribution in [0.15, 0.2) is 13.8 Å². The zero-order chi connectivity index (χ0) is 17.2. The molecule has 0 radical (unpaired) electrons. The molecule has 9 heteroatoms. The number of fused-ring (bicyclic) bond motifs is 6. The number of halogens is 3. The fourth-order valence-electron chi connectivity index (χ4n) is 2.49. The van der Waals surface area contributed by atoms with Crippen molar-refractivity contribution in [3.63, 3.8) is 0 Å². The molecule has 0 fully saturated rings. The van der Waals surface area contributed by atoms with Crippen molar-refractivity contribution in [3.8, 4) is 0 Å². The van der Waals surface area contributed by atoms with Gasteiger partial charge in [0, 0.05) is 0 Å². The standard InChI is InChI=1S/C15H9Br3N6/c1-4-13(16)22-10-7(19-4)11-9(21-5(2)14(17)23-11)12-8(10)20-6(3)15(18)24-12/h1-3H3. The van der Waals surface area contributed by atoms with Gasteiger partial charge in [0.05, 0.1) is 17.1 Å². The van der Waals surface area contributed by atoms with E-state index in [1.165, 1.54) is 0 Å². The van der Waals surface area contributed by atoms with E-state index in [4.69, 9.17) is 0 Å². The summed E-state index contributed by atoms with van der Waals surface area (Å²) in [6.45, 7) is 5.67. The first-order valence-electron chi connectivity index (χ1n) is 7.00. The second-order valence-corrected chi connectivity index (χ2v) is 7.64. The Balaban J connectivity index is 2.40. The Morgan fingerprint density at radius 2 is 0.625 bits per heavy atom. The number of aromatic nitrogens is 6. The summed E-state index contributed by atoms with van der Waals surface area (Å²) in [5, 5.41) is 0. The highest BCUT2D eigenvalue weighted by molar-refractivity contribution is 9.11. The fraction of sp³-hybridized carbons (Fsp3) is 0.200. The first-order valence-corrected chi connectivity index (χ1v) is 9.38. The first kappa shape index (κ1) is 16.2. The lowest BCUT2D eigenvalue weighted by Crippen LogP contribution is -2.01. The second kappa shape index (κ2) is 5.60. The molecule has 0 unspecified atom stereocenters. The average Bonchev–Trinajstić information content (AvgIpc) is 2.53. The zero-order valence-corrected chi connectivity index (χ0v) is 17.6. The van der Waals surface area contributed by atoms with E-state index >= 15 is 0 Å². The van der Waals surface area contributed by atoms with Crippen LogP contribution in [-0.4, -0.2) is 29.9 Å². The Kier molecular flexibility index (Phi) is 3.77. The fourth-order valence-corrected chi connectivity index (χ4v) is 3.28. The van der Waals surface area contributed by atoms with Gasteiger partial charge < -0.3 is 0 Å². The zero-order valence-electron chi connectivity index (χ0n) is 12.8. The van der Waals surface area contributed by atoms with E-state index in [1.807, 2.05) is 20.8 Å². The van der Waals surface area contributed by atoms with Gasteiger partial charge in [-0.25, -0.2) is 29.9 Å². The molecule has 0 spiro atoms. The number of aryl methyl sites for hydroxylation is 3. The summed E-state index contributed by atoms with van der Waals surface area (Å²) in [4.78, 5) is 27.9. The largest absolute Gasteiger partial charge is 0.246 e. The highest BCUT2D eigenvalue weighted by Crippen LogP contribution is 2.33. The smallest absolute Gasteiger partial charge is 0.128 e. The lowest BCUT2D eigenvalue weighted by Gasteiger charge is -2.10. The Bertz CT molecular complexity index is 908. The van der Waals surface area contributed by atoms with Crippen LogP contribution in [0.2, 0.25) is 0 Å². The molecule has 6 nitrogen and oxygen atoms in total. The monoisotopic (exact) mass is 510 g/mol. The summed E-state index contributed by atoms with van der Waals surface area (Å²) in [6.07, 6.45) is 0. The van der Waals surface area contributed by atoms with Gasteiger partial charge in [0.15, 0.2) is 0 Å². The molecule has 3 heterocycles. The molecule has 0 saturated heterocycles. The second-order valence-electron chi connectivity index (χ2n) is 5.39. The first-order chi connectivity index (χ1) is 11.4. The van der Waals surface area contributed by atoms with Crippen molar-refractivity contribution < 1.29 is 0 Å². The molecule has 0 atom stereocenters. The quantitative estimate of drug-likeness (QED) is 0.317. The van der Waals surface area contributed by atoms with Crippen molar-refractivity contribution in [2.75, 3.05) is 0 Å². The summed E-state index contributed by atoms with van der Waals surface area (Å²) in [7, 11) is 0. The Labute approximate surface area is 161 Å². The maximum absolute atomic E-state index is 4.66. The molecule has 0 aliphatic heterocycles. The van der Waals surface area contributed by atoms with Crippen molar-refractivity contribution in [2.24, 2.45) is 0 Å². The number of rotatable bonds is 0. The molecule has 1 aromatic carbocycles. The molecule has 24 heavy (non-hydrogen) atoms. The van der Waals surface area contributed by atoms with Gasteiger partial charge in [0.25, 0.3) is 0 Å². The van der Waals surface area contributed by atoms with Crippen LogP contribution in [-0.2, 0) is 0 Å². The molecule has 4 rings (SSSR count). The van der Waals surface area contributed by atoms with Gasteiger partial charge >= 0.3 is 0 Å². The van der Waals surface area contributed by atoms with Crippen LogP contribution in [0.4, 0.5) is 0 Å². The Morgan fingerprint density at radius 1 is 0.417 bits per heavy atom. The average molecular weight is 513 g/mol. The summed E-state index contributed by atoms with van der Waals surface area (Å²) < 4.78 is 2.03. The van der Waals surface area contributed by atoms with Crippen LogP contribution in [0.3, 0.4) is 0 Å². The van der Waals surface area contributed by atoms with Crippen LogP contribution in [0, 0.1) is 20.8 Å². The summed E-state index contributed by atoms with van der Waals surface area (Å²) >= 11 is 10.3. The van der Waals surface area contributed by atoms with Crippen molar-refractivity contribution in [3.05, 3.63) is 30.9 Å². The minimum absolute atomic E-state index is 0.656. The van der Waals surface area contributed by atoms with Gasteiger partial charge in [-0.15, -0.1) is 0 Å². The van der Waals surface area contributed by atoms with Crippen molar-refractivity contribution in [2.45, 2.75) is 20.8 Å². The maximum atomic E-state index is 4.66. The van der Waals surface area contributed by atoms with Gasteiger partial charge in [0.1, 0.15) is 46.9 Å². The van der Waals surface area contributed by atoms with E-state index in [-0.39, 0.29) is 0 Å². The molecule has 0 bridgehead atoms. The lowest BCUT2D eigenvalue weighted by atomic mass is 10.2. The third kappa shape index (κ3) is 2.33. The third-order valence-corrected chi connectivity index (χ3v) is 5.96. The molecule has 0 N–H and O–H groups in total. The van der Waals surface area contributed by atoms with E-state index in [0.717, 1.165) is 17.1 Å². The number of hydrogen-bond donors (Lipinski definition) is 0. The van der Waals surface area contributed by atoms with E-state index in [9.17, 15) is 0 Å². The third-order valence-electron chi connectivity index (χ3n) is 3.71. The Morgan fingerprint density at radius 3 is 0.875 bits per heavy atom. The predicted octanol–water partition coefficient (Wildman–Crippen LogP) is 4.73. The summed E-state index contributed by atoms with van der Waals surface area (Å²) in [6, 6.07) is 0. The maximum Gasteiger partial charge on any atom is 0.128 e. The van der Waals surface area contributed by atoms with E-state index in [1.54, 1.807) is 0 Å². The van der Waals surface area contributed by atoms with Crippen molar-refractivity contribution >= 4 is 80.9 Å². The summed E-state index contributed by atoms with van der Waals surface area (Å²) in [5.41, 5.74) is 6.32. The molecule has 0 amide bonds. The van der Waals surface area contributed by atoms with Crippen molar-refractivity contribution in [1.29, 1.82) is 0 Å². The molecule has 4 aromatic rings. The Hall–Kier alpha value is -1.32. The molecule has 3 aromatic heterocycles. The van der Waals surface area contributed by atoms with E-state index in [2.05, 4.69) is 77.7 Å². The van der Waals surface area contributed by atoms with Crippen molar-refractivity contribution in [1.82, 2.24) is 29.9 Å². The molecule has 0 aliphatic rings. The topological polar surface area (TPSA) is 77.3 Å². The molecule has 0 aliphatic carbocycles. The highest BCUT2D eigenvalue weighted by Gasteiger charge is 2.19. The van der Waals surface area contributed by atoms with Gasteiger partial charge in [-0.05, 0) is 68.6 Å². The van der Waals surface area contributed by atoms with Crippen LogP contribution in [0.1, 0.15) is 17.1 Å². The van der Waals surface area contributed by atoms with Gasteiger partial charge in [-0.3, -0.25) is 0 Å². The predicted molar refractivity (Wildman–Crippen MR) is 103 cm³/mol. The van der Waals surface area contributed by atoms with Gasteiger partial charge in [-0.2, -0.15) is 0 Å². The summed E-state index contributed by atoms with van der Waals surface area (Å²) in [5.74, 6) is 0. The lowest BCUT2D eigenvalue weighted by molar-refractivity contribution is 1.11. The van der Waals surface area contributed by atoms with Crippen LogP contribution in [0.5, 0.6) is 0 Å². The number of nitrogens with zero attached hydrogens (tertiary/aromatic N) is 6. The minimum atomic E-state index is 0.656. The SMILES string of the molecule is Cc1nc2c(nc1Br)c1nc(C)c(Br)nc1c1nc(C)c(Br)nc21. The van der Waals surface area contributed by atoms with Crippen LogP contribution in [0.25, 0.3) is 33.1 Å². The van der Waals surface area contributed by atoms with Gasteiger partial charge in [0.2, 0.25) is 0 Å². The minimum Gasteiger partial charge on any atom is -0.246 e.